The molecule has 0 N–H and O–H groups in total. The number of aryl methyl sites for hydroxylation is 1. The van der Waals surface area contributed by atoms with Crippen molar-refractivity contribution in [3.8, 4) is 67.7 Å². The Hall–Kier alpha value is -6.95. The molecule has 0 bridgehead atoms. The van der Waals surface area contributed by atoms with Crippen LogP contribution < -0.4 is 0 Å². The number of benzene rings is 7. The number of aromatic nitrogens is 4. The standard InChI is InChI=1S/C52H34N4S/c1-33-39(29-31-46(53-33)35-14-4-2-5-15-35)34-24-26-37(27-25-34)50-54-49(36-16-6-3-7-17-36)55-51(56-50)38-28-30-43-41(32-38)40-18-8-9-19-42(40)52(43)44-20-10-12-22-47(44)57-48-23-13-11-21-45(48)52/h2-32H,1H3. The van der Waals surface area contributed by atoms with Crippen LogP contribution in [0.1, 0.15) is 27.9 Å². The summed E-state index contributed by atoms with van der Waals surface area (Å²) in [5, 5.41) is 0. The van der Waals surface area contributed by atoms with E-state index in [2.05, 4.69) is 159 Å². The molecule has 0 saturated carbocycles. The average molecular weight is 747 g/mol. The summed E-state index contributed by atoms with van der Waals surface area (Å²) in [4.78, 5) is 22.9. The van der Waals surface area contributed by atoms with Gasteiger partial charge in [0.2, 0.25) is 0 Å². The lowest BCUT2D eigenvalue weighted by molar-refractivity contribution is 0.722. The quantitative estimate of drug-likeness (QED) is 0.176. The zero-order valence-electron chi connectivity index (χ0n) is 31.1. The van der Waals surface area contributed by atoms with Crippen molar-refractivity contribution in [3.63, 3.8) is 0 Å². The van der Waals surface area contributed by atoms with Crippen molar-refractivity contribution in [2.45, 2.75) is 22.1 Å². The maximum absolute atomic E-state index is 5.18. The molecular weight excluding hydrogens is 713 g/mol. The van der Waals surface area contributed by atoms with E-state index in [9.17, 15) is 0 Å². The van der Waals surface area contributed by atoms with E-state index in [0.717, 1.165) is 44.8 Å². The van der Waals surface area contributed by atoms with Crippen LogP contribution in [-0.2, 0) is 5.41 Å². The third-order valence-corrected chi connectivity index (χ3v) is 12.5. The molecule has 7 aromatic carbocycles. The molecule has 0 amide bonds. The molecule has 3 heterocycles. The van der Waals surface area contributed by atoms with E-state index in [1.54, 1.807) is 0 Å². The first kappa shape index (κ1) is 33.4. The van der Waals surface area contributed by atoms with Crippen LogP contribution in [0.5, 0.6) is 0 Å². The molecule has 0 radical (unpaired) electrons. The third-order valence-electron chi connectivity index (χ3n) is 11.4. The minimum absolute atomic E-state index is 0.431. The van der Waals surface area contributed by atoms with Crippen LogP contribution in [0.15, 0.2) is 198 Å². The summed E-state index contributed by atoms with van der Waals surface area (Å²) >= 11 is 1.86. The van der Waals surface area contributed by atoms with Crippen molar-refractivity contribution in [3.05, 3.63) is 216 Å². The minimum atomic E-state index is -0.431. The molecule has 2 aliphatic rings. The first-order valence-corrected chi connectivity index (χ1v) is 20.0. The summed E-state index contributed by atoms with van der Waals surface area (Å²) in [7, 11) is 0. The molecule has 9 aromatic rings. The fraction of sp³-hybridized carbons (Fsp3) is 0.0385. The number of fused-ring (bicyclic) bond motifs is 9. The van der Waals surface area contributed by atoms with Gasteiger partial charge in [0.1, 0.15) is 0 Å². The zero-order chi connectivity index (χ0) is 37.9. The largest absolute Gasteiger partial charge is 0.252 e. The lowest BCUT2D eigenvalue weighted by Gasteiger charge is -2.39. The number of hydrogen-bond donors (Lipinski definition) is 0. The highest BCUT2D eigenvalue weighted by molar-refractivity contribution is 7.99. The van der Waals surface area contributed by atoms with E-state index in [4.69, 9.17) is 19.9 Å². The molecule has 57 heavy (non-hydrogen) atoms. The van der Waals surface area contributed by atoms with Gasteiger partial charge in [-0.1, -0.05) is 176 Å². The van der Waals surface area contributed by atoms with Gasteiger partial charge in [-0.15, -0.1) is 0 Å². The van der Waals surface area contributed by atoms with Crippen LogP contribution in [0.4, 0.5) is 0 Å². The van der Waals surface area contributed by atoms with Crippen LogP contribution >= 0.6 is 11.8 Å². The van der Waals surface area contributed by atoms with Crippen LogP contribution in [0, 0.1) is 6.92 Å². The van der Waals surface area contributed by atoms with Crippen LogP contribution in [0.2, 0.25) is 0 Å². The lowest BCUT2D eigenvalue weighted by Crippen LogP contribution is -2.31. The highest BCUT2D eigenvalue weighted by atomic mass is 32.2. The van der Waals surface area contributed by atoms with E-state index in [1.807, 2.05) is 48.2 Å². The van der Waals surface area contributed by atoms with Crippen molar-refractivity contribution >= 4 is 11.8 Å². The second kappa shape index (κ2) is 13.4. The molecular formula is C52H34N4S. The van der Waals surface area contributed by atoms with Crippen LogP contribution in [0.25, 0.3) is 67.7 Å². The fourth-order valence-corrected chi connectivity index (χ4v) is 9.98. The Morgan fingerprint density at radius 1 is 0.351 bits per heavy atom. The highest BCUT2D eigenvalue weighted by Crippen LogP contribution is 2.62. The molecule has 5 heteroatoms. The summed E-state index contributed by atoms with van der Waals surface area (Å²) in [5.74, 6) is 1.91. The molecule has 0 atom stereocenters. The van der Waals surface area contributed by atoms with Crippen molar-refractivity contribution in [2.24, 2.45) is 0 Å². The summed E-state index contributed by atoms with van der Waals surface area (Å²) in [5.41, 5.74) is 15.3. The molecule has 11 rings (SSSR count). The maximum Gasteiger partial charge on any atom is 0.164 e. The van der Waals surface area contributed by atoms with Crippen molar-refractivity contribution in [1.82, 2.24) is 19.9 Å². The predicted octanol–water partition coefficient (Wildman–Crippen LogP) is 12.7. The zero-order valence-corrected chi connectivity index (χ0v) is 31.9. The monoisotopic (exact) mass is 746 g/mol. The molecule has 0 fully saturated rings. The molecule has 4 nitrogen and oxygen atoms in total. The highest BCUT2D eigenvalue weighted by Gasteiger charge is 2.50. The Balaban J connectivity index is 1.04. The van der Waals surface area contributed by atoms with Gasteiger partial charge < -0.3 is 0 Å². The summed E-state index contributed by atoms with van der Waals surface area (Å²) in [6, 6.07) is 66.7. The summed E-state index contributed by atoms with van der Waals surface area (Å²) < 4.78 is 0. The maximum atomic E-state index is 5.18. The normalized spacial score (nSPS) is 13.1. The molecule has 1 aliphatic carbocycles. The van der Waals surface area contributed by atoms with E-state index in [0.29, 0.717) is 17.5 Å². The van der Waals surface area contributed by atoms with Gasteiger partial charge in [0.05, 0.1) is 11.1 Å². The molecule has 0 saturated heterocycles. The lowest BCUT2D eigenvalue weighted by atomic mass is 9.67. The van der Waals surface area contributed by atoms with E-state index < -0.39 is 5.41 Å². The topological polar surface area (TPSA) is 51.6 Å². The second-order valence-corrected chi connectivity index (χ2v) is 15.7. The molecule has 1 aliphatic heterocycles. The van der Waals surface area contributed by atoms with Crippen LogP contribution in [-0.4, -0.2) is 19.9 Å². The van der Waals surface area contributed by atoms with E-state index in [-0.39, 0.29) is 0 Å². The Kier molecular flexibility index (Phi) is 7.83. The van der Waals surface area contributed by atoms with Gasteiger partial charge in [0, 0.05) is 43.3 Å². The van der Waals surface area contributed by atoms with Crippen molar-refractivity contribution < 1.29 is 0 Å². The number of rotatable bonds is 5. The first-order valence-electron chi connectivity index (χ1n) is 19.2. The summed E-state index contributed by atoms with van der Waals surface area (Å²) in [6.45, 7) is 2.07. The van der Waals surface area contributed by atoms with Gasteiger partial charge in [-0.25, -0.2) is 15.0 Å². The Morgan fingerprint density at radius 3 is 1.49 bits per heavy atom. The van der Waals surface area contributed by atoms with Gasteiger partial charge in [0.25, 0.3) is 0 Å². The van der Waals surface area contributed by atoms with E-state index in [1.165, 1.54) is 43.2 Å². The molecule has 268 valence electrons. The van der Waals surface area contributed by atoms with Crippen molar-refractivity contribution in [1.29, 1.82) is 0 Å². The summed E-state index contributed by atoms with van der Waals surface area (Å²) in [6.07, 6.45) is 0. The minimum Gasteiger partial charge on any atom is -0.252 e. The average Bonchev–Trinajstić information content (AvgIpc) is 3.57. The predicted molar refractivity (Wildman–Crippen MR) is 231 cm³/mol. The van der Waals surface area contributed by atoms with Crippen molar-refractivity contribution in [2.75, 3.05) is 0 Å². The van der Waals surface area contributed by atoms with Gasteiger partial charge in [0.15, 0.2) is 17.5 Å². The molecule has 0 unspecified atom stereocenters. The number of pyridine rings is 1. The molecule has 1 spiro atoms. The van der Waals surface area contributed by atoms with E-state index >= 15 is 0 Å². The Bertz CT molecular complexity index is 2950. The Labute approximate surface area is 336 Å². The first-order chi connectivity index (χ1) is 28.1. The van der Waals surface area contributed by atoms with Crippen LogP contribution in [0.3, 0.4) is 0 Å². The van der Waals surface area contributed by atoms with Gasteiger partial charge in [-0.3, -0.25) is 4.98 Å². The number of nitrogens with zero attached hydrogens (tertiary/aromatic N) is 4. The third kappa shape index (κ3) is 5.38. The Morgan fingerprint density at radius 2 is 0.842 bits per heavy atom. The van der Waals surface area contributed by atoms with Gasteiger partial charge in [-0.2, -0.15) is 0 Å². The van der Waals surface area contributed by atoms with Gasteiger partial charge in [-0.05, 0) is 70.1 Å². The second-order valence-electron chi connectivity index (χ2n) is 14.6. The smallest absolute Gasteiger partial charge is 0.164 e. The SMILES string of the molecule is Cc1nc(-c2ccccc2)ccc1-c1ccc(-c2nc(-c3ccccc3)nc(-c3ccc4c(c3)-c3ccccc3C43c4ccccc4Sc4ccccc43)n2)cc1. The molecule has 2 aromatic heterocycles. The fourth-order valence-electron chi connectivity index (χ4n) is 8.78. The number of hydrogen-bond acceptors (Lipinski definition) is 5. The van der Waals surface area contributed by atoms with Gasteiger partial charge >= 0.3 is 0 Å².